The molecule has 0 aromatic heterocycles. The van der Waals surface area contributed by atoms with E-state index in [1.54, 1.807) is 31.2 Å². The van der Waals surface area contributed by atoms with Crippen molar-refractivity contribution < 1.29 is 23.8 Å². The fourth-order valence-corrected chi connectivity index (χ4v) is 2.46. The molecule has 1 aromatic carbocycles. The maximum Gasteiger partial charge on any atom is 0.335 e. The van der Waals surface area contributed by atoms with E-state index in [1.807, 2.05) is 0 Å². The SMILES string of the molecule is CC(OC(=O)C(C)OCC1CCCO1)C(=O)Nc1ccc(CC#N)cc1. The number of benzene rings is 1. The van der Waals surface area contributed by atoms with Crippen molar-refractivity contribution in [1.29, 1.82) is 5.26 Å². The molecule has 0 radical (unpaired) electrons. The second kappa shape index (κ2) is 9.90. The summed E-state index contributed by atoms with van der Waals surface area (Å²) in [5.41, 5.74) is 1.43. The molecule has 1 aliphatic heterocycles. The number of rotatable bonds is 8. The fourth-order valence-electron chi connectivity index (χ4n) is 2.46. The number of carbonyl (C=O) groups is 2. The van der Waals surface area contributed by atoms with Crippen LogP contribution in [-0.4, -0.2) is 43.4 Å². The Morgan fingerprint density at radius 2 is 2.04 bits per heavy atom. The number of nitriles is 1. The zero-order valence-corrected chi connectivity index (χ0v) is 15.1. The molecule has 3 atom stereocenters. The van der Waals surface area contributed by atoms with Crippen LogP contribution in [0.3, 0.4) is 0 Å². The quantitative estimate of drug-likeness (QED) is 0.714. The molecule has 3 unspecified atom stereocenters. The minimum atomic E-state index is -0.949. The Bertz CT molecular complexity index is 647. The van der Waals surface area contributed by atoms with Crippen LogP contribution in [0, 0.1) is 11.3 Å². The third kappa shape index (κ3) is 6.14. The van der Waals surface area contributed by atoms with Gasteiger partial charge in [0.25, 0.3) is 5.91 Å². The van der Waals surface area contributed by atoms with Gasteiger partial charge < -0.3 is 19.5 Å². The lowest BCUT2D eigenvalue weighted by Crippen LogP contribution is -2.35. The molecule has 1 amide bonds. The first kappa shape index (κ1) is 19.9. The number of ether oxygens (including phenoxy) is 3. The lowest BCUT2D eigenvalue weighted by atomic mass is 10.1. The maximum atomic E-state index is 12.1. The van der Waals surface area contributed by atoms with Gasteiger partial charge in [0.2, 0.25) is 0 Å². The van der Waals surface area contributed by atoms with Gasteiger partial charge in [-0.25, -0.2) is 4.79 Å². The van der Waals surface area contributed by atoms with Crippen molar-refractivity contribution in [3.8, 4) is 6.07 Å². The Balaban J connectivity index is 1.76. The predicted molar refractivity (Wildman–Crippen MR) is 94.3 cm³/mol. The van der Waals surface area contributed by atoms with Gasteiger partial charge >= 0.3 is 5.97 Å². The second-order valence-corrected chi connectivity index (χ2v) is 6.21. The Kier molecular flexibility index (Phi) is 7.57. The van der Waals surface area contributed by atoms with Crippen molar-refractivity contribution in [2.24, 2.45) is 0 Å². The van der Waals surface area contributed by atoms with Gasteiger partial charge in [-0.2, -0.15) is 5.26 Å². The monoisotopic (exact) mass is 360 g/mol. The fraction of sp³-hybridized carbons (Fsp3) is 0.526. The van der Waals surface area contributed by atoms with Crippen LogP contribution in [0.1, 0.15) is 32.3 Å². The molecule has 0 aliphatic carbocycles. The van der Waals surface area contributed by atoms with Gasteiger partial charge in [-0.15, -0.1) is 0 Å². The van der Waals surface area contributed by atoms with Crippen LogP contribution < -0.4 is 5.32 Å². The van der Waals surface area contributed by atoms with Crippen LogP contribution >= 0.6 is 0 Å². The number of hydrogen-bond donors (Lipinski definition) is 1. The number of nitrogens with one attached hydrogen (secondary N) is 1. The minimum absolute atomic E-state index is 0.0231. The Labute approximate surface area is 153 Å². The molecular weight excluding hydrogens is 336 g/mol. The van der Waals surface area contributed by atoms with Crippen molar-refractivity contribution in [2.75, 3.05) is 18.5 Å². The normalized spacial score (nSPS) is 18.6. The first-order valence-corrected chi connectivity index (χ1v) is 8.70. The molecule has 1 fully saturated rings. The van der Waals surface area contributed by atoms with Crippen LogP contribution in [-0.2, 0) is 30.2 Å². The highest BCUT2D eigenvalue weighted by atomic mass is 16.6. The van der Waals surface area contributed by atoms with Crippen molar-refractivity contribution in [3.05, 3.63) is 29.8 Å². The Morgan fingerprint density at radius 1 is 1.31 bits per heavy atom. The molecule has 7 heteroatoms. The molecule has 1 aliphatic rings. The highest BCUT2D eigenvalue weighted by Crippen LogP contribution is 2.14. The molecule has 2 rings (SSSR count). The van der Waals surface area contributed by atoms with E-state index in [1.165, 1.54) is 6.92 Å². The summed E-state index contributed by atoms with van der Waals surface area (Å²) in [6, 6.07) is 8.98. The summed E-state index contributed by atoms with van der Waals surface area (Å²) in [4.78, 5) is 24.2. The van der Waals surface area contributed by atoms with Crippen LogP contribution in [0.25, 0.3) is 0 Å². The smallest absolute Gasteiger partial charge is 0.335 e. The molecule has 1 aromatic rings. The van der Waals surface area contributed by atoms with Gasteiger partial charge in [0.05, 0.1) is 25.2 Å². The number of esters is 1. The van der Waals surface area contributed by atoms with Crippen molar-refractivity contribution in [2.45, 2.75) is 51.4 Å². The van der Waals surface area contributed by atoms with Gasteiger partial charge in [0.15, 0.2) is 12.2 Å². The summed E-state index contributed by atoms with van der Waals surface area (Å²) in [6.45, 7) is 4.16. The third-order valence-electron chi connectivity index (χ3n) is 4.05. The van der Waals surface area contributed by atoms with Crippen molar-refractivity contribution >= 4 is 17.6 Å². The van der Waals surface area contributed by atoms with Crippen LogP contribution in [0.2, 0.25) is 0 Å². The van der Waals surface area contributed by atoms with Crippen LogP contribution in [0.5, 0.6) is 0 Å². The Hall–Kier alpha value is -2.43. The summed E-state index contributed by atoms with van der Waals surface area (Å²) in [7, 11) is 0. The van der Waals surface area contributed by atoms with Gasteiger partial charge in [-0.1, -0.05) is 12.1 Å². The van der Waals surface area contributed by atoms with Gasteiger partial charge in [-0.05, 0) is 44.4 Å². The number of nitrogens with zero attached hydrogens (tertiary/aromatic N) is 1. The molecule has 1 N–H and O–H groups in total. The number of amides is 1. The average molecular weight is 360 g/mol. The highest BCUT2D eigenvalue weighted by molar-refractivity contribution is 5.95. The molecule has 0 saturated carbocycles. The van der Waals surface area contributed by atoms with Gasteiger partial charge in [0.1, 0.15) is 0 Å². The van der Waals surface area contributed by atoms with Crippen molar-refractivity contribution in [1.82, 2.24) is 0 Å². The summed E-state index contributed by atoms with van der Waals surface area (Å²) in [5.74, 6) is -1.02. The third-order valence-corrected chi connectivity index (χ3v) is 4.05. The van der Waals surface area contributed by atoms with E-state index in [0.29, 0.717) is 18.7 Å². The zero-order valence-electron chi connectivity index (χ0n) is 15.1. The lowest BCUT2D eigenvalue weighted by molar-refractivity contribution is -0.165. The number of hydrogen-bond acceptors (Lipinski definition) is 6. The molecule has 140 valence electrons. The highest BCUT2D eigenvalue weighted by Gasteiger charge is 2.24. The maximum absolute atomic E-state index is 12.1. The van der Waals surface area contributed by atoms with E-state index < -0.39 is 24.1 Å². The molecule has 1 saturated heterocycles. The van der Waals surface area contributed by atoms with E-state index in [2.05, 4.69) is 11.4 Å². The van der Waals surface area contributed by atoms with E-state index in [4.69, 9.17) is 19.5 Å². The molecule has 0 spiro atoms. The van der Waals surface area contributed by atoms with Gasteiger partial charge in [0, 0.05) is 12.3 Å². The summed E-state index contributed by atoms with van der Waals surface area (Å²) < 4.78 is 16.1. The molecule has 7 nitrogen and oxygen atoms in total. The van der Waals surface area contributed by atoms with E-state index in [9.17, 15) is 9.59 Å². The first-order valence-electron chi connectivity index (χ1n) is 8.70. The zero-order chi connectivity index (χ0) is 18.9. The largest absolute Gasteiger partial charge is 0.451 e. The van der Waals surface area contributed by atoms with E-state index in [0.717, 1.165) is 25.0 Å². The van der Waals surface area contributed by atoms with Crippen LogP contribution in [0.15, 0.2) is 24.3 Å². The van der Waals surface area contributed by atoms with E-state index in [-0.39, 0.29) is 6.10 Å². The number of carbonyl (C=O) groups excluding carboxylic acids is 2. The lowest BCUT2D eigenvalue weighted by Gasteiger charge is -2.18. The van der Waals surface area contributed by atoms with E-state index >= 15 is 0 Å². The second-order valence-electron chi connectivity index (χ2n) is 6.21. The van der Waals surface area contributed by atoms with Crippen LogP contribution in [0.4, 0.5) is 5.69 Å². The predicted octanol–water partition coefficient (Wildman–Crippen LogP) is 2.21. The summed E-state index contributed by atoms with van der Waals surface area (Å²) in [5, 5.41) is 11.3. The average Bonchev–Trinajstić information content (AvgIpc) is 3.15. The molecule has 0 bridgehead atoms. The topological polar surface area (TPSA) is 97.7 Å². The van der Waals surface area contributed by atoms with Gasteiger partial charge in [-0.3, -0.25) is 4.79 Å². The molecule has 26 heavy (non-hydrogen) atoms. The number of anilines is 1. The minimum Gasteiger partial charge on any atom is -0.451 e. The first-order chi connectivity index (χ1) is 12.5. The summed E-state index contributed by atoms with van der Waals surface area (Å²) >= 11 is 0. The molecule has 1 heterocycles. The standard InChI is InChI=1S/C19H24N2O5/c1-13(18(22)21-16-7-5-15(6-8-16)9-10-20)26-19(23)14(2)25-12-17-4-3-11-24-17/h5-8,13-14,17H,3-4,9,11-12H2,1-2H3,(H,21,22). The Morgan fingerprint density at radius 3 is 2.65 bits per heavy atom. The van der Waals surface area contributed by atoms with Crippen molar-refractivity contribution in [3.63, 3.8) is 0 Å². The molecular formula is C19H24N2O5. The summed E-state index contributed by atoms with van der Waals surface area (Å²) in [6.07, 6.45) is 0.547.